The summed E-state index contributed by atoms with van der Waals surface area (Å²) in [5.41, 5.74) is 6.42. The van der Waals surface area contributed by atoms with Gasteiger partial charge in [0, 0.05) is 11.6 Å². The molecule has 94 valence electrons. The lowest BCUT2D eigenvalue weighted by atomic mass is 10.3. The molecule has 1 aliphatic heterocycles. The molecule has 1 aliphatic rings. The second kappa shape index (κ2) is 6.12. The normalized spacial score (nSPS) is 16.3. The van der Waals surface area contributed by atoms with Crippen LogP contribution in [0.15, 0.2) is 18.2 Å². The first-order valence-electron chi connectivity index (χ1n) is 6.16. The number of rotatable bonds is 5. The summed E-state index contributed by atoms with van der Waals surface area (Å²) >= 11 is 5.82. The number of benzene rings is 1. The highest BCUT2D eigenvalue weighted by molar-refractivity contribution is 6.30. The highest BCUT2D eigenvalue weighted by atomic mass is 35.5. The van der Waals surface area contributed by atoms with Crippen molar-refractivity contribution < 1.29 is 4.74 Å². The van der Waals surface area contributed by atoms with Crippen LogP contribution in [0.3, 0.4) is 0 Å². The molecule has 0 spiro atoms. The molecular formula is C13H19ClN2O. The Morgan fingerprint density at radius 1 is 1.29 bits per heavy atom. The van der Waals surface area contributed by atoms with Crippen LogP contribution in [0, 0.1) is 0 Å². The number of hydrogen-bond donors (Lipinski definition) is 1. The molecule has 2 N–H and O–H groups in total. The number of likely N-dealkylation sites (tertiary alicyclic amines) is 1. The Morgan fingerprint density at radius 3 is 2.76 bits per heavy atom. The molecule has 0 atom stereocenters. The third kappa shape index (κ3) is 3.79. The zero-order valence-corrected chi connectivity index (χ0v) is 10.7. The Balaban J connectivity index is 1.70. The van der Waals surface area contributed by atoms with Gasteiger partial charge in [0.2, 0.25) is 0 Å². The van der Waals surface area contributed by atoms with E-state index in [0.717, 1.165) is 18.7 Å². The molecule has 0 aromatic heterocycles. The minimum atomic E-state index is 0.610. The minimum Gasteiger partial charge on any atom is -0.491 e. The number of nitrogens with zero attached hydrogens (tertiary/aromatic N) is 1. The summed E-state index contributed by atoms with van der Waals surface area (Å²) in [5, 5.41) is 0.645. The van der Waals surface area contributed by atoms with Crippen molar-refractivity contribution in [1.82, 2.24) is 4.90 Å². The molecule has 1 heterocycles. The first-order valence-corrected chi connectivity index (χ1v) is 6.54. The molecule has 1 aromatic rings. The van der Waals surface area contributed by atoms with Crippen LogP contribution >= 0.6 is 11.6 Å². The predicted molar refractivity (Wildman–Crippen MR) is 71.7 cm³/mol. The highest BCUT2D eigenvalue weighted by Crippen LogP contribution is 2.24. The predicted octanol–water partition coefficient (Wildman–Crippen LogP) is 2.79. The molecule has 3 nitrogen and oxygen atoms in total. The first-order chi connectivity index (χ1) is 8.25. The fourth-order valence-corrected chi connectivity index (χ4v) is 2.31. The third-order valence-electron chi connectivity index (χ3n) is 3.05. The quantitative estimate of drug-likeness (QED) is 0.649. The Morgan fingerprint density at radius 2 is 2.06 bits per heavy atom. The summed E-state index contributed by atoms with van der Waals surface area (Å²) in [4.78, 5) is 2.48. The summed E-state index contributed by atoms with van der Waals surface area (Å²) in [5.74, 6) is 0.732. The molecule has 0 radical (unpaired) electrons. The van der Waals surface area contributed by atoms with E-state index in [0.29, 0.717) is 17.3 Å². The number of hydrogen-bond acceptors (Lipinski definition) is 3. The molecule has 17 heavy (non-hydrogen) atoms. The van der Waals surface area contributed by atoms with E-state index in [-0.39, 0.29) is 0 Å². The number of anilines is 1. The van der Waals surface area contributed by atoms with Gasteiger partial charge >= 0.3 is 0 Å². The van der Waals surface area contributed by atoms with Crippen molar-refractivity contribution in [2.45, 2.75) is 19.3 Å². The number of ether oxygens (including phenoxy) is 1. The van der Waals surface area contributed by atoms with Gasteiger partial charge in [-0.2, -0.15) is 0 Å². The van der Waals surface area contributed by atoms with Crippen molar-refractivity contribution >= 4 is 17.3 Å². The van der Waals surface area contributed by atoms with Crippen LogP contribution in [0.5, 0.6) is 5.75 Å². The molecule has 0 aliphatic carbocycles. The van der Waals surface area contributed by atoms with Gasteiger partial charge in [0.15, 0.2) is 0 Å². The van der Waals surface area contributed by atoms with E-state index >= 15 is 0 Å². The Kier molecular flexibility index (Phi) is 4.51. The van der Waals surface area contributed by atoms with Crippen molar-refractivity contribution in [1.29, 1.82) is 0 Å². The van der Waals surface area contributed by atoms with E-state index in [1.165, 1.54) is 25.9 Å². The van der Waals surface area contributed by atoms with E-state index in [4.69, 9.17) is 22.1 Å². The number of nitrogen functional groups attached to an aromatic ring is 1. The third-order valence-corrected chi connectivity index (χ3v) is 3.28. The molecule has 0 unspecified atom stereocenters. The number of nitrogens with two attached hydrogens (primary N) is 1. The maximum Gasteiger partial charge on any atom is 0.142 e. The lowest BCUT2D eigenvalue weighted by Crippen LogP contribution is -2.21. The highest BCUT2D eigenvalue weighted by Gasteiger charge is 2.10. The summed E-state index contributed by atoms with van der Waals surface area (Å²) in [7, 11) is 0. The Labute approximate surface area is 107 Å². The van der Waals surface area contributed by atoms with E-state index in [2.05, 4.69) is 4.90 Å². The monoisotopic (exact) mass is 254 g/mol. The molecule has 1 fully saturated rings. The average Bonchev–Trinajstić information content (AvgIpc) is 2.79. The van der Waals surface area contributed by atoms with Gasteiger partial charge in [0.25, 0.3) is 0 Å². The summed E-state index contributed by atoms with van der Waals surface area (Å²) in [6.07, 6.45) is 3.72. The van der Waals surface area contributed by atoms with Gasteiger partial charge in [-0.25, -0.2) is 0 Å². The molecule has 4 heteroatoms. The van der Waals surface area contributed by atoms with Gasteiger partial charge < -0.3 is 15.4 Å². The molecule has 1 saturated heterocycles. The van der Waals surface area contributed by atoms with Crippen LogP contribution in [-0.4, -0.2) is 31.1 Å². The van der Waals surface area contributed by atoms with E-state index in [1.807, 2.05) is 6.07 Å². The molecule has 0 saturated carbocycles. The van der Waals surface area contributed by atoms with Crippen LogP contribution in [0.25, 0.3) is 0 Å². The van der Waals surface area contributed by atoms with Crippen LogP contribution in [0.4, 0.5) is 5.69 Å². The lowest BCUT2D eigenvalue weighted by Gasteiger charge is -2.15. The second-order valence-corrected chi connectivity index (χ2v) is 4.87. The van der Waals surface area contributed by atoms with Crippen LogP contribution < -0.4 is 10.5 Å². The van der Waals surface area contributed by atoms with Crippen molar-refractivity contribution in [3.8, 4) is 5.75 Å². The van der Waals surface area contributed by atoms with Gasteiger partial charge in [-0.05, 0) is 50.6 Å². The van der Waals surface area contributed by atoms with Crippen LogP contribution in [0.1, 0.15) is 19.3 Å². The smallest absolute Gasteiger partial charge is 0.142 e. The molecule has 1 aromatic carbocycles. The molecule has 0 amide bonds. The molecule has 2 rings (SSSR count). The van der Waals surface area contributed by atoms with Crippen molar-refractivity contribution in [2.24, 2.45) is 0 Å². The molecular weight excluding hydrogens is 236 g/mol. The van der Waals surface area contributed by atoms with Gasteiger partial charge in [-0.3, -0.25) is 0 Å². The van der Waals surface area contributed by atoms with Gasteiger partial charge in [0.05, 0.1) is 12.3 Å². The summed E-state index contributed by atoms with van der Waals surface area (Å²) < 4.78 is 5.64. The van der Waals surface area contributed by atoms with Crippen LogP contribution in [0.2, 0.25) is 5.02 Å². The molecule has 0 bridgehead atoms. The minimum absolute atomic E-state index is 0.610. The van der Waals surface area contributed by atoms with Gasteiger partial charge in [0.1, 0.15) is 5.75 Å². The van der Waals surface area contributed by atoms with Gasteiger partial charge in [-0.1, -0.05) is 11.6 Å². The maximum absolute atomic E-state index is 5.82. The second-order valence-electron chi connectivity index (χ2n) is 4.43. The topological polar surface area (TPSA) is 38.5 Å². The maximum atomic E-state index is 5.82. The van der Waals surface area contributed by atoms with E-state index in [9.17, 15) is 0 Å². The fourth-order valence-electron chi connectivity index (χ4n) is 2.13. The zero-order valence-electron chi connectivity index (χ0n) is 9.99. The fraction of sp³-hybridized carbons (Fsp3) is 0.538. The first kappa shape index (κ1) is 12.5. The van der Waals surface area contributed by atoms with Crippen molar-refractivity contribution in [3.05, 3.63) is 23.2 Å². The van der Waals surface area contributed by atoms with Gasteiger partial charge in [-0.15, -0.1) is 0 Å². The van der Waals surface area contributed by atoms with E-state index in [1.54, 1.807) is 12.1 Å². The van der Waals surface area contributed by atoms with Crippen molar-refractivity contribution in [2.75, 3.05) is 32.0 Å². The summed E-state index contributed by atoms with van der Waals surface area (Å²) in [6, 6.07) is 5.35. The standard InChI is InChI=1S/C13H19ClN2O/c14-11-4-5-13(12(15)10-11)17-9-3-8-16-6-1-2-7-16/h4-5,10H,1-3,6-9,15H2. The number of halogens is 1. The van der Waals surface area contributed by atoms with Crippen molar-refractivity contribution in [3.63, 3.8) is 0 Å². The summed E-state index contributed by atoms with van der Waals surface area (Å²) in [6.45, 7) is 4.31. The zero-order chi connectivity index (χ0) is 12.1. The Hall–Kier alpha value is -0.930. The SMILES string of the molecule is Nc1cc(Cl)ccc1OCCCN1CCCC1. The average molecular weight is 255 g/mol. The largest absolute Gasteiger partial charge is 0.491 e. The lowest BCUT2D eigenvalue weighted by molar-refractivity contribution is 0.264. The Bertz CT molecular complexity index is 364. The van der Waals surface area contributed by atoms with E-state index < -0.39 is 0 Å². The van der Waals surface area contributed by atoms with Crippen LogP contribution in [-0.2, 0) is 0 Å².